The molecular weight excluding hydrogens is 500 g/mol. The van der Waals surface area contributed by atoms with Gasteiger partial charge in [-0.1, -0.05) is 24.3 Å². The first-order valence-electron chi connectivity index (χ1n) is 11.2. The minimum Gasteiger partial charge on any atom is -0.496 e. The van der Waals surface area contributed by atoms with Crippen molar-refractivity contribution >= 4 is 28.8 Å². The number of benzene rings is 2. The second-order valence-electron chi connectivity index (χ2n) is 7.94. The Bertz CT molecular complexity index is 933. The molecule has 8 heteroatoms. The van der Waals surface area contributed by atoms with E-state index in [0.29, 0.717) is 23.7 Å². The zero-order valence-corrected chi connectivity index (χ0v) is 22.1. The molecule has 2 aromatic carbocycles. The Labute approximate surface area is 213 Å². The number of carbonyl (C=O) groups excluding carboxylic acids is 1. The van der Waals surface area contributed by atoms with E-state index >= 15 is 0 Å². The highest BCUT2D eigenvalue weighted by Crippen LogP contribution is 2.38. The first kappa shape index (κ1) is 27.7. The third-order valence-electron chi connectivity index (χ3n) is 5.87. The van der Waals surface area contributed by atoms with Crippen LogP contribution in [-0.2, 0) is 11.3 Å². The van der Waals surface area contributed by atoms with Gasteiger partial charge in [0.1, 0.15) is 5.75 Å². The molecule has 0 aromatic heterocycles. The summed E-state index contributed by atoms with van der Waals surface area (Å²) >= 11 is 0. The molecule has 186 valence electrons. The second kappa shape index (κ2) is 14.0. The maximum atomic E-state index is 12.4. The molecule has 1 aliphatic heterocycles. The van der Waals surface area contributed by atoms with Crippen LogP contribution >= 0.6 is 17.0 Å². The van der Waals surface area contributed by atoms with Crippen LogP contribution in [0.2, 0.25) is 0 Å². The number of allylic oxidation sites excluding steroid dienone is 1. The zero-order valence-electron chi connectivity index (χ0n) is 20.4. The van der Waals surface area contributed by atoms with Crippen molar-refractivity contribution in [1.29, 1.82) is 0 Å². The maximum Gasteiger partial charge on any atom is 0.203 e. The SMILES string of the molecule is Br.COc1ccccc1CN1CCN(CCC(=O)/C=C/c2cc(OC)c(OC)c(OC)c2)CC1. The van der Waals surface area contributed by atoms with Gasteiger partial charge in [0.2, 0.25) is 5.75 Å². The molecular formula is C26H35BrN2O5. The molecule has 0 spiro atoms. The highest BCUT2D eigenvalue weighted by Gasteiger charge is 2.18. The number of nitrogens with zero attached hydrogens (tertiary/aromatic N) is 2. The van der Waals surface area contributed by atoms with Crippen molar-refractivity contribution in [2.45, 2.75) is 13.0 Å². The Kier molecular flexibility index (Phi) is 11.4. The fourth-order valence-corrected chi connectivity index (χ4v) is 3.98. The topological polar surface area (TPSA) is 60.5 Å². The van der Waals surface area contributed by atoms with Crippen molar-refractivity contribution in [3.63, 3.8) is 0 Å². The third-order valence-corrected chi connectivity index (χ3v) is 5.87. The number of ether oxygens (including phenoxy) is 4. The molecule has 0 N–H and O–H groups in total. The van der Waals surface area contributed by atoms with E-state index in [1.807, 2.05) is 30.3 Å². The third kappa shape index (κ3) is 7.48. The van der Waals surface area contributed by atoms with Gasteiger partial charge in [-0.05, 0) is 29.8 Å². The summed E-state index contributed by atoms with van der Waals surface area (Å²) < 4.78 is 21.5. The van der Waals surface area contributed by atoms with Crippen molar-refractivity contribution < 1.29 is 23.7 Å². The number of methoxy groups -OCH3 is 4. The summed E-state index contributed by atoms with van der Waals surface area (Å²) in [5.74, 6) is 2.70. The van der Waals surface area contributed by atoms with Gasteiger partial charge in [-0.3, -0.25) is 9.69 Å². The van der Waals surface area contributed by atoms with Crippen LogP contribution in [0.15, 0.2) is 42.5 Å². The maximum absolute atomic E-state index is 12.4. The number of halogens is 1. The fourth-order valence-electron chi connectivity index (χ4n) is 3.98. The summed E-state index contributed by atoms with van der Waals surface area (Å²) in [5, 5.41) is 0. The molecule has 34 heavy (non-hydrogen) atoms. The number of hydrogen-bond acceptors (Lipinski definition) is 7. The van der Waals surface area contributed by atoms with Crippen LogP contribution in [0.5, 0.6) is 23.0 Å². The van der Waals surface area contributed by atoms with E-state index < -0.39 is 0 Å². The van der Waals surface area contributed by atoms with Crippen LogP contribution in [0.3, 0.4) is 0 Å². The molecule has 0 unspecified atom stereocenters. The lowest BCUT2D eigenvalue weighted by Gasteiger charge is -2.34. The summed E-state index contributed by atoms with van der Waals surface area (Å²) in [6.45, 7) is 5.52. The van der Waals surface area contributed by atoms with Gasteiger partial charge in [-0.2, -0.15) is 0 Å². The van der Waals surface area contributed by atoms with Crippen LogP contribution < -0.4 is 18.9 Å². The van der Waals surface area contributed by atoms with Gasteiger partial charge < -0.3 is 23.8 Å². The summed E-state index contributed by atoms with van der Waals surface area (Å²) in [7, 11) is 6.43. The number of rotatable bonds is 11. The van der Waals surface area contributed by atoms with Gasteiger partial charge in [-0.15, -0.1) is 17.0 Å². The average Bonchev–Trinajstić information content (AvgIpc) is 2.86. The van der Waals surface area contributed by atoms with Crippen LogP contribution in [0, 0.1) is 0 Å². The van der Waals surface area contributed by atoms with Crippen molar-refractivity contribution in [2.24, 2.45) is 0 Å². The average molecular weight is 535 g/mol. The molecule has 1 aliphatic rings. The molecule has 1 saturated heterocycles. The number of para-hydroxylation sites is 1. The standard InChI is InChI=1S/C26H34N2O5.BrH/c1-30-23-8-6-5-7-21(23)19-28-15-13-27(14-16-28)12-11-22(29)10-9-20-17-24(31-2)26(33-4)25(18-20)32-3;/h5-10,17-18H,11-16,19H2,1-4H3;1H/b10-9+;. The Morgan fingerprint density at radius 1 is 0.853 bits per heavy atom. The molecule has 0 amide bonds. The van der Waals surface area contributed by atoms with Crippen LogP contribution in [0.25, 0.3) is 6.08 Å². The zero-order chi connectivity index (χ0) is 23.6. The Balaban J connectivity index is 0.00000408. The molecule has 0 radical (unpaired) electrons. The van der Waals surface area contributed by atoms with E-state index in [1.165, 1.54) is 5.56 Å². The largest absolute Gasteiger partial charge is 0.496 e. The molecule has 0 aliphatic carbocycles. The predicted octanol–water partition coefficient (Wildman–Crippen LogP) is 4.09. The van der Waals surface area contributed by atoms with Crippen molar-refractivity contribution in [3.05, 3.63) is 53.6 Å². The first-order chi connectivity index (χ1) is 16.1. The van der Waals surface area contributed by atoms with E-state index in [2.05, 4.69) is 15.9 Å². The molecule has 1 fully saturated rings. The molecule has 0 bridgehead atoms. The van der Waals surface area contributed by atoms with Crippen molar-refractivity contribution in [2.75, 3.05) is 61.2 Å². The van der Waals surface area contributed by atoms with Crippen LogP contribution in [-0.4, -0.2) is 76.7 Å². The van der Waals surface area contributed by atoms with Crippen LogP contribution in [0.1, 0.15) is 17.5 Å². The highest BCUT2D eigenvalue weighted by atomic mass is 79.9. The van der Waals surface area contributed by atoms with Gasteiger partial charge in [0, 0.05) is 51.3 Å². The summed E-state index contributed by atoms with van der Waals surface area (Å²) in [5.41, 5.74) is 2.03. The Hall–Kier alpha value is -2.55. The van der Waals surface area contributed by atoms with Gasteiger partial charge in [-0.25, -0.2) is 0 Å². The van der Waals surface area contributed by atoms with E-state index in [1.54, 1.807) is 40.6 Å². The summed E-state index contributed by atoms with van der Waals surface area (Å²) in [6.07, 6.45) is 3.91. The number of piperazine rings is 1. The van der Waals surface area contributed by atoms with E-state index in [0.717, 1.165) is 50.6 Å². The molecule has 3 rings (SSSR count). The Morgan fingerprint density at radius 2 is 1.44 bits per heavy atom. The van der Waals surface area contributed by atoms with E-state index in [4.69, 9.17) is 18.9 Å². The lowest BCUT2D eigenvalue weighted by Crippen LogP contribution is -2.46. The minimum atomic E-state index is 0. The van der Waals surface area contributed by atoms with Gasteiger partial charge in [0.25, 0.3) is 0 Å². The minimum absolute atomic E-state index is 0. The lowest BCUT2D eigenvalue weighted by atomic mass is 10.1. The molecule has 0 saturated carbocycles. The number of ketones is 1. The predicted molar refractivity (Wildman–Crippen MR) is 140 cm³/mol. The van der Waals surface area contributed by atoms with Crippen LogP contribution in [0.4, 0.5) is 0 Å². The first-order valence-corrected chi connectivity index (χ1v) is 11.2. The Morgan fingerprint density at radius 3 is 2.03 bits per heavy atom. The van der Waals surface area contributed by atoms with Gasteiger partial charge in [0.05, 0.1) is 28.4 Å². The quantitative estimate of drug-likeness (QED) is 0.402. The smallest absolute Gasteiger partial charge is 0.203 e. The van der Waals surface area contributed by atoms with Gasteiger partial charge >= 0.3 is 0 Å². The lowest BCUT2D eigenvalue weighted by molar-refractivity contribution is -0.115. The molecule has 1 heterocycles. The number of hydrogen-bond donors (Lipinski definition) is 0. The fraction of sp³-hybridized carbons (Fsp3) is 0.423. The highest BCUT2D eigenvalue weighted by molar-refractivity contribution is 8.93. The normalized spacial score (nSPS) is 14.5. The molecule has 7 nitrogen and oxygen atoms in total. The molecule has 0 atom stereocenters. The van der Waals surface area contributed by atoms with Crippen molar-refractivity contribution in [3.8, 4) is 23.0 Å². The van der Waals surface area contributed by atoms with E-state index in [9.17, 15) is 4.79 Å². The summed E-state index contributed by atoms with van der Waals surface area (Å²) in [4.78, 5) is 17.2. The number of carbonyl (C=O) groups is 1. The second-order valence-corrected chi connectivity index (χ2v) is 7.94. The van der Waals surface area contributed by atoms with Gasteiger partial charge in [0.15, 0.2) is 17.3 Å². The molecule has 2 aromatic rings. The monoisotopic (exact) mass is 534 g/mol. The van der Waals surface area contributed by atoms with Crippen molar-refractivity contribution in [1.82, 2.24) is 9.80 Å². The van der Waals surface area contributed by atoms with E-state index in [-0.39, 0.29) is 22.8 Å². The summed E-state index contributed by atoms with van der Waals surface area (Å²) in [6, 6.07) is 11.8.